The number of carboxylic acid groups (broad SMARTS) is 1. The number of nitriles is 1. The maximum Gasteiger partial charge on any atom is 0.352 e. The summed E-state index contributed by atoms with van der Waals surface area (Å²) in [5.74, 6) is -3.26. The van der Waals surface area contributed by atoms with Crippen molar-refractivity contribution in [2.45, 2.75) is 39.0 Å². The van der Waals surface area contributed by atoms with Crippen LogP contribution in [0.5, 0.6) is 0 Å². The molecule has 0 spiro atoms. The van der Waals surface area contributed by atoms with Gasteiger partial charge in [0.25, 0.3) is 0 Å². The van der Waals surface area contributed by atoms with E-state index in [-0.39, 0.29) is 23.9 Å². The van der Waals surface area contributed by atoms with E-state index in [0.717, 1.165) is 5.56 Å². The number of aromatic amines is 1. The Morgan fingerprint density at radius 2 is 1.90 bits per heavy atom. The number of hydrogen-bond acceptors (Lipinski definition) is 5. The summed E-state index contributed by atoms with van der Waals surface area (Å²) in [4.78, 5) is 54.5. The van der Waals surface area contributed by atoms with Crippen LogP contribution >= 0.6 is 0 Å². The molecule has 4 rings (SSSR count). The lowest BCUT2D eigenvalue weighted by Gasteiger charge is -2.41. The number of primary amides is 1. The molecule has 0 unspecified atom stereocenters. The zero-order valence-corrected chi connectivity index (χ0v) is 21.9. The highest BCUT2D eigenvalue weighted by Crippen LogP contribution is 2.46. The second kappa shape index (κ2) is 11.0. The van der Waals surface area contributed by atoms with Crippen LogP contribution in [0.4, 0.5) is 11.4 Å². The van der Waals surface area contributed by atoms with Gasteiger partial charge in [0.2, 0.25) is 17.7 Å². The van der Waals surface area contributed by atoms with Crippen molar-refractivity contribution in [2.24, 2.45) is 23.0 Å². The third-order valence-corrected chi connectivity index (χ3v) is 7.86. The predicted molar refractivity (Wildman–Crippen MR) is 146 cm³/mol. The highest BCUT2D eigenvalue weighted by Gasteiger charge is 2.49. The number of fused-ring (bicyclic) bond motifs is 1. The largest absolute Gasteiger partial charge is 0.477 e. The molecule has 1 atom stereocenters. The molecule has 0 bridgehead atoms. The molecular formula is C29H31N5O5. The minimum atomic E-state index is -1.16. The van der Waals surface area contributed by atoms with Gasteiger partial charge in [0, 0.05) is 42.2 Å². The molecule has 0 aliphatic heterocycles. The van der Waals surface area contributed by atoms with Gasteiger partial charge in [0.15, 0.2) is 0 Å². The Morgan fingerprint density at radius 1 is 1.18 bits per heavy atom. The zero-order valence-electron chi connectivity index (χ0n) is 21.9. The molecule has 10 heteroatoms. The molecule has 1 aromatic heterocycles. The van der Waals surface area contributed by atoms with Gasteiger partial charge in [0.1, 0.15) is 5.69 Å². The number of hydrogen-bond donors (Lipinski definition) is 4. The maximum absolute atomic E-state index is 13.9. The standard InChI is InChI=1S/C29H31N5O5/c1-17(35)34(2)22-5-3-4-19(12-22)13-23(29(28(31)39)10-8-18(16-30)9-11-29)26(36)32-21-6-7-24-20(14-21)15-25(33-24)27(37)38/h3-7,12,14-15,18,23,33H,8-11,13H2,1-2H3,(H2,31,39)(H,32,36)(H,37,38)/t18?,23-,29?/m1/s1. The monoisotopic (exact) mass is 529 g/mol. The lowest BCUT2D eigenvalue weighted by atomic mass is 9.61. The number of aromatic carboxylic acids is 1. The first kappa shape index (κ1) is 27.4. The van der Waals surface area contributed by atoms with Crippen LogP contribution in [0.15, 0.2) is 48.5 Å². The average Bonchev–Trinajstić information content (AvgIpc) is 3.35. The SMILES string of the molecule is CC(=O)N(C)c1cccc(C[C@H](C(=O)Nc2ccc3[nH]c(C(=O)O)cc3c2)C2(C(N)=O)CCC(C#N)CC2)c1. The number of nitrogens with two attached hydrogens (primary N) is 1. The van der Waals surface area contributed by atoms with E-state index in [1.54, 1.807) is 37.4 Å². The van der Waals surface area contributed by atoms with Crippen LogP contribution in [-0.4, -0.2) is 40.8 Å². The fourth-order valence-electron chi connectivity index (χ4n) is 5.43. The Labute approximate surface area is 225 Å². The number of benzene rings is 2. The van der Waals surface area contributed by atoms with Gasteiger partial charge in [-0.05, 0) is 74.1 Å². The molecule has 0 radical (unpaired) electrons. The molecule has 39 heavy (non-hydrogen) atoms. The van der Waals surface area contributed by atoms with Crippen molar-refractivity contribution in [2.75, 3.05) is 17.3 Å². The fourth-order valence-corrected chi connectivity index (χ4v) is 5.43. The molecule has 1 aliphatic carbocycles. The highest BCUT2D eigenvalue weighted by molar-refractivity contribution is 6.00. The summed E-state index contributed by atoms with van der Waals surface area (Å²) in [6.45, 7) is 1.46. The van der Waals surface area contributed by atoms with Crippen molar-refractivity contribution < 1.29 is 24.3 Å². The van der Waals surface area contributed by atoms with E-state index in [9.17, 15) is 29.5 Å². The number of nitrogens with zero attached hydrogens (tertiary/aromatic N) is 2. The summed E-state index contributed by atoms with van der Waals surface area (Å²) < 4.78 is 0. The Morgan fingerprint density at radius 3 is 2.51 bits per heavy atom. The lowest BCUT2D eigenvalue weighted by Crippen LogP contribution is -2.50. The molecule has 1 heterocycles. The van der Waals surface area contributed by atoms with E-state index in [1.165, 1.54) is 17.9 Å². The number of rotatable bonds is 8. The number of carbonyl (C=O) groups is 4. The Bertz CT molecular complexity index is 1480. The van der Waals surface area contributed by atoms with Crippen molar-refractivity contribution in [3.63, 3.8) is 0 Å². The minimum Gasteiger partial charge on any atom is -0.477 e. The van der Waals surface area contributed by atoms with Crippen LogP contribution in [0.2, 0.25) is 0 Å². The maximum atomic E-state index is 13.9. The number of carbonyl (C=O) groups excluding carboxylic acids is 3. The molecule has 0 saturated heterocycles. The summed E-state index contributed by atoms with van der Waals surface area (Å²) in [6.07, 6.45) is 1.74. The number of nitrogens with one attached hydrogen (secondary N) is 2. The highest BCUT2D eigenvalue weighted by atomic mass is 16.4. The fraction of sp³-hybridized carbons (Fsp3) is 0.345. The van der Waals surface area contributed by atoms with Crippen LogP contribution < -0.4 is 16.0 Å². The zero-order chi connectivity index (χ0) is 28.3. The van der Waals surface area contributed by atoms with E-state index in [4.69, 9.17) is 5.73 Å². The number of aromatic nitrogens is 1. The Balaban J connectivity index is 1.70. The van der Waals surface area contributed by atoms with Crippen LogP contribution in [0.1, 0.15) is 48.7 Å². The van der Waals surface area contributed by atoms with E-state index < -0.39 is 29.1 Å². The van der Waals surface area contributed by atoms with E-state index in [2.05, 4.69) is 16.4 Å². The summed E-state index contributed by atoms with van der Waals surface area (Å²) in [5.41, 5.74) is 7.33. The molecule has 1 fully saturated rings. The van der Waals surface area contributed by atoms with Crippen molar-refractivity contribution in [1.29, 1.82) is 5.26 Å². The van der Waals surface area contributed by atoms with Gasteiger partial charge < -0.3 is 26.0 Å². The van der Waals surface area contributed by atoms with Gasteiger partial charge >= 0.3 is 5.97 Å². The predicted octanol–water partition coefficient (Wildman–Crippen LogP) is 3.83. The number of anilines is 2. The Kier molecular flexibility index (Phi) is 7.72. The van der Waals surface area contributed by atoms with Gasteiger partial charge in [-0.25, -0.2) is 4.79 Å². The van der Waals surface area contributed by atoms with Gasteiger partial charge in [-0.15, -0.1) is 0 Å². The molecule has 1 aliphatic rings. The number of amides is 3. The number of H-pyrrole nitrogens is 1. The quantitative estimate of drug-likeness (QED) is 0.345. The van der Waals surface area contributed by atoms with Gasteiger partial charge in [0.05, 0.1) is 17.4 Å². The molecular weight excluding hydrogens is 498 g/mol. The van der Waals surface area contributed by atoms with Crippen molar-refractivity contribution >= 4 is 46.0 Å². The molecule has 5 N–H and O–H groups in total. The van der Waals surface area contributed by atoms with Crippen LogP contribution in [0.25, 0.3) is 10.9 Å². The van der Waals surface area contributed by atoms with Gasteiger partial charge in [-0.3, -0.25) is 14.4 Å². The van der Waals surface area contributed by atoms with Gasteiger partial charge in [-0.1, -0.05) is 12.1 Å². The van der Waals surface area contributed by atoms with E-state index in [1.807, 2.05) is 12.1 Å². The van der Waals surface area contributed by atoms with E-state index >= 15 is 0 Å². The topological polar surface area (TPSA) is 169 Å². The first-order valence-electron chi connectivity index (χ1n) is 12.7. The number of carboxylic acids is 1. The van der Waals surface area contributed by atoms with Crippen LogP contribution in [-0.2, 0) is 20.8 Å². The second-order valence-electron chi connectivity index (χ2n) is 10.2. The normalized spacial score (nSPS) is 19.6. The molecule has 3 amide bonds. The van der Waals surface area contributed by atoms with E-state index in [0.29, 0.717) is 48.0 Å². The molecule has 10 nitrogen and oxygen atoms in total. The van der Waals surface area contributed by atoms with Crippen LogP contribution in [0, 0.1) is 28.6 Å². The smallest absolute Gasteiger partial charge is 0.352 e. The molecule has 1 saturated carbocycles. The summed E-state index contributed by atoms with van der Waals surface area (Å²) >= 11 is 0. The first-order valence-corrected chi connectivity index (χ1v) is 12.7. The summed E-state index contributed by atoms with van der Waals surface area (Å²) in [7, 11) is 1.66. The third kappa shape index (κ3) is 5.62. The second-order valence-corrected chi connectivity index (χ2v) is 10.2. The molecule has 202 valence electrons. The summed E-state index contributed by atoms with van der Waals surface area (Å²) in [5, 5.41) is 22.2. The molecule has 3 aromatic rings. The van der Waals surface area contributed by atoms with Crippen LogP contribution in [0.3, 0.4) is 0 Å². The average molecular weight is 530 g/mol. The van der Waals surface area contributed by atoms with Crippen molar-refractivity contribution in [3.05, 3.63) is 59.8 Å². The summed E-state index contributed by atoms with van der Waals surface area (Å²) in [6, 6.07) is 16.0. The van der Waals surface area contributed by atoms with Crippen molar-refractivity contribution in [3.8, 4) is 6.07 Å². The molecule has 2 aromatic carbocycles. The van der Waals surface area contributed by atoms with Gasteiger partial charge in [-0.2, -0.15) is 5.26 Å². The lowest BCUT2D eigenvalue weighted by molar-refractivity contribution is -0.140. The van der Waals surface area contributed by atoms with Crippen molar-refractivity contribution in [1.82, 2.24) is 4.98 Å². The first-order chi connectivity index (χ1) is 18.5. The Hall–Kier alpha value is -4.65. The third-order valence-electron chi connectivity index (χ3n) is 7.86. The minimum absolute atomic E-state index is 0.0312.